The quantitative estimate of drug-likeness (QED) is 0.335. The summed E-state index contributed by atoms with van der Waals surface area (Å²) in [5, 5.41) is 11.9. The molecule has 2 unspecified atom stereocenters. The van der Waals surface area contributed by atoms with Crippen molar-refractivity contribution in [2.45, 2.75) is 43.7 Å². The lowest BCUT2D eigenvalue weighted by atomic mass is 9.88. The molecule has 0 amide bonds. The second-order valence-corrected chi connectivity index (χ2v) is 9.21. The van der Waals surface area contributed by atoms with Crippen LogP contribution in [0.1, 0.15) is 37.3 Å². The highest BCUT2D eigenvalue weighted by Crippen LogP contribution is 2.42. The van der Waals surface area contributed by atoms with Gasteiger partial charge in [-0.25, -0.2) is 4.98 Å². The molecule has 2 saturated heterocycles. The normalized spacial score (nSPS) is 20.9. The van der Waals surface area contributed by atoms with E-state index in [-0.39, 0.29) is 0 Å². The van der Waals surface area contributed by atoms with Crippen molar-refractivity contribution in [2.24, 2.45) is 10.7 Å². The summed E-state index contributed by atoms with van der Waals surface area (Å²) < 4.78 is 1.73. The van der Waals surface area contributed by atoms with Crippen LogP contribution in [-0.4, -0.2) is 50.0 Å². The molecule has 9 heteroatoms. The first-order chi connectivity index (χ1) is 17.6. The molecule has 9 nitrogen and oxygen atoms in total. The van der Waals surface area contributed by atoms with Crippen molar-refractivity contribution in [3.63, 3.8) is 0 Å². The Morgan fingerprint density at radius 2 is 1.78 bits per heavy atom. The van der Waals surface area contributed by atoms with Gasteiger partial charge in [-0.3, -0.25) is 9.88 Å². The monoisotopic (exact) mass is 479 g/mol. The van der Waals surface area contributed by atoms with Crippen LogP contribution in [0.15, 0.2) is 65.9 Å². The standard InChI is InChI=1S/C25H27N7.C2H2N2/c26-15-31-19-7-8-20(31)11-18(10-19)23-12-24(27)32-25(30-23)21(14-29-32)17-6-9-22(28-13-17)16-4-2-1-3-5-16;1-4-2-3/h1-6,9,12-14,18-20H,7-8,10-11,15,26-27H2;1H2/t18?,19-,20?;/m0./s1. The van der Waals surface area contributed by atoms with E-state index in [2.05, 4.69) is 44.9 Å². The van der Waals surface area contributed by atoms with Gasteiger partial charge in [0.25, 0.3) is 0 Å². The molecule has 3 aromatic heterocycles. The third kappa shape index (κ3) is 4.44. The third-order valence-electron chi connectivity index (χ3n) is 7.25. The number of pyridine rings is 1. The minimum Gasteiger partial charge on any atom is -0.384 e. The van der Waals surface area contributed by atoms with Crippen LogP contribution in [-0.2, 0) is 0 Å². The highest BCUT2D eigenvalue weighted by atomic mass is 15.3. The number of hydrogen-bond acceptors (Lipinski definition) is 8. The van der Waals surface area contributed by atoms with Crippen LogP contribution in [0.2, 0.25) is 0 Å². The van der Waals surface area contributed by atoms with Crippen molar-refractivity contribution in [2.75, 3.05) is 12.4 Å². The van der Waals surface area contributed by atoms with Crippen LogP contribution in [0, 0.1) is 11.5 Å². The van der Waals surface area contributed by atoms with E-state index in [9.17, 15) is 0 Å². The van der Waals surface area contributed by atoms with Crippen molar-refractivity contribution in [1.82, 2.24) is 24.5 Å². The van der Waals surface area contributed by atoms with E-state index in [1.165, 1.54) is 19.0 Å². The summed E-state index contributed by atoms with van der Waals surface area (Å²) in [6.07, 6.45) is 9.81. The molecule has 2 aliphatic heterocycles. The molecular formula is C27H29N9. The Morgan fingerprint density at radius 1 is 1.06 bits per heavy atom. The molecule has 0 saturated carbocycles. The smallest absolute Gasteiger partial charge is 0.205 e. The Balaban J connectivity index is 0.000000623. The van der Waals surface area contributed by atoms with E-state index in [4.69, 9.17) is 21.7 Å². The zero-order valence-corrected chi connectivity index (χ0v) is 20.0. The number of nitrogens with zero attached hydrogens (tertiary/aromatic N) is 7. The fraction of sp³-hybridized carbons (Fsp3) is 0.296. The van der Waals surface area contributed by atoms with Crippen molar-refractivity contribution in [3.8, 4) is 28.6 Å². The molecule has 3 atom stereocenters. The average molecular weight is 480 g/mol. The Kier molecular flexibility index (Phi) is 6.71. The second-order valence-electron chi connectivity index (χ2n) is 9.21. The molecular weight excluding hydrogens is 450 g/mol. The molecule has 1 aromatic carbocycles. The maximum Gasteiger partial charge on any atom is 0.205 e. The van der Waals surface area contributed by atoms with Gasteiger partial charge in [0, 0.05) is 66.0 Å². The van der Waals surface area contributed by atoms with Gasteiger partial charge in [0.05, 0.1) is 11.9 Å². The predicted octanol–water partition coefficient (Wildman–Crippen LogP) is 3.84. The van der Waals surface area contributed by atoms with Crippen LogP contribution >= 0.6 is 0 Å². The van der Waals surface area contributed by atoms with Gasteiger partial charge in [0.1, 0.15) is 5.82 Å². The fourth-order valence-electron chi connectivity index (χ4n) is 5.57. The van der Waals surface area contributed by atoms with E-state index in [0.29, 0.717) is 30.5 Å². The number of benzene rings is 1. The predicted molar refractivity (Wildman–Crippen MR) is 141 cm³/mol. The highest BCUT2D eigenvalue weighted by molar-refractivity contribution is 5.78. The number of aromatic nitrogens is 4. The van der Waals surface area contributed by atoms with Crippen LogP contribution < -0.4 is 11.5 Å². The van der Waals surface area contributed by atoms with Gasteiger partial charge < -0.3 is 11.5 Å². The van der Waals surface area contributed by atoms with Gasteiger partial charge in [0.15, 0.2) is 5.65 Å². The molecule has 2 fully saturated rings. The van der Waals surface area contributed by atoms with Crippen molar-refractivity contribution in [1.29, 1.82) is 5.26 Å². The minimum atomic E-state index is 0.406. The van der Waals surface area contributed by atoms with Gasteiger partial charge in [0.2, 0.25) is 6.19 Å². The van der Waals surface area contributed by atoms with Crippen molar-refractivity contribution < 1.29 is 0 Å². The van der Waals surface area contributed by atoms with E-state index < -0.39 is 0 Å². The maximum absolute atomic E-state index is 7.40. The van der Waals surface area contributed by atoms with E-state index in [1.807, 2.05) is 42.7 Å². The van der Waals surface area contributed by atoms with Gasteiger partial charge in [-0.05, 0) is 31.7 Å². The first kappa shape index (κ1) is 23.6. The molecule has 4 N–H and O–H groups in total. The number of hydrogen-bond donors (Lipinski definition) is 2. The summed E-state index contributed by atoms with van der Waals surface area (Å²) in [5.41, 5.74) is 18.3. The van der Waals surface area contributed by atoms with E-state index in [0.717, 1.165) is 46.6 Å². The minimum absolute atomic E-state index is 0.406. The Hall–Kier alpha value is -4.13. The summed E-state index contributed by atoms with van der Waals surface area (Å²) >= 11 is 0. The lowest BCUT2D eigenvalue weighted by Gasteiger charge is -2.37. The van der Waals surface area contributed by atoms with E-state index in [1.54, 1.807) is 4.52 Å². The van der Waals surface area contributed by atoms with Crippen LogP contribution in [0.3, 0.4) is 0 Å². The third-order valence-corrected chi connectivity index (χ3v) is 7.25. The second kappa shape index (κ2) is 10.2. The molecule has 0 aliphatic carbocycles. The number of rotatable bonds is 4. The van der Waals surface area contributed by atoms with Crippen LogP contribution in [0.5, 0.6) is 0 Å². The summed E-state index contributed by atoms with van der Waals surface area (Å²) in [4.78, 5) is 15.0. The van der Waals surface area contributed by atoms with Crippen LogP contribution in [0.4, 0.5) is 5.82 Å². The zero-order valence-electron chi connectivity index (χ0n) is 20.0. The summed E-state index contributed by atoms with van der Waals surface area (Å²) in [7, 11) is 0. The first-order valence-electron chi connectivity index (χ1n) is 12.1. The Bertz CT molecular complexity index is 1370. The van der Waals surface area contributed by atoms with Crippen molar-refractivity contribution >= 4 is 18.2 Å². The maximum atomic E-state index is 7.40. The van der Waals surface area contributed by atoms with Gasteiger partial charge in [-0.15, -0.1) is 0 Å². The summed E-state index contributed by atoms with van der Waals surface area (Å²) in [6, 6.07) is 17.4. The molecule has 4 aromatic rings. The van der Waals surface area contributed by atoms with E-state index >= 15 is 0 Å². The molecule has 182 valence electrons. The molecule has 0 radical (unpaired) electrons. The first-order valence-corrected chi connectivity index (χ1v) is 12.1. The SMILES string of the molecule is C=NC#N.NCN1C2CC[C@H]1CC(c1cc(N)n3ncc(-c4ccc(-c5ccccc5)nc4)c3n1)C2. The Morgan fingerprint density at radius 3 is 2.39 bits per heavy atom. The number of piperidine rings is 1. The molecule has 36 heavy (non-hydrogen) atoms. The average Bonchev–Trinajstić information content (AvgIpc) is 3.46. The molecule has 2 bridgehead atoms. The van der Waals surface area contributed by atoms with Gasteiger partial charge in [-0.2, -0.15) is 19.9 Å². The fourth-order valence-corrected chi connectivity index (χ4v) is 5.57. The number of aliphatic imine (C=N–C) groups is 1. The number of nitriles is 1. The topological polar surface area (TPSA) is 135 Å². The summed E-state index contributed by atoms with van der Waals surface area (Å²) in [5.74, 6) is 1.03. The Labute approximate surface area is 210 Å². The summed E-state index contributed by atoms with van der Waals surface area (Å²) in [6.45, 7) is 3.52. The van der Waals surface area contributed by atoms with Gasteiger partial charge >= 0.3 is 0 Å². The lowest BCUT2D eigenvalue weighted by molar-refractivity contribution is 0.129. The van der Waals surface area contributed by atoms with Gasteiger partial charge in [-0.1, -0.05) is 36.4 Å². The van der Waals surface area contributed by atoms with Crippen molar-refractivity contribution in [3.05, 3.63) is 66.6 Å². The molecule has 6 rings (SSSR count). The number of anilines is 1. The number of nitrogens with two attached hydrogens (primary N) is 2. The number of fused-ring (bicyclic) bond motifs is 3. The molecule has 2 aliphatic rings. The lowest BCUT2D eigenvalue weighted by Crippen LogP contribution is -2.45. The number of nitrogen functional groups attached to an aromatic ring is 1. The zero-order chi connectivity index (χ0) is 25.1. The highest BCUT2D eigenvalue weighted by Gasteiger charge is 2.41. The molecule has 0 spiro atoms. The van der Waals surface area contributed by atoms with Crippen LogP contribution in [0.25, 0.3) is 28.0 Å². The molecule has 5 heterocycles. The largest absolute Gasteiger partial charge is 0.384 e.